The number of aromatic amines is 1. The number of imide groups is 1. The highest BCUT2D eigenvalue weighted by Crippen LogP contribution is 2.29. The Labute approximate surface area is 189 Å². The Bertz CT molecular complexity index is 1320. The quantitative estimate of drug-likeness (QED) is 0.439. The topological polar surface area (TPSA) is 88.3 Å². The average Bonchev–Trinajstić information content (AvgIpc) is 3.24. The lowest BCUT2D eigenvalue weighted by atomic mass is 10.1. The predicted molar refractivity (Wildman–Crippen MR) is 119 cm³/mol. The number of nitrogens with zero attached hydrogens (tertiary/aromatic N) is 3. The number of benzene rings is 1. The molecule has 0 aliphatic carbocycles. The summed E-state index contributed by atoms with van der Waals surface area (Å²) in [6, 6.07) is 9.11. The number of halogens is 1. The van der Waals surface area contributed by atoms with Crippen LogP contribution in [0.25, 0.3) is 17.0 Å². The summed E-state index contributed by atoms with van der Waals surface area (Å²) in [4.78, 5) is 41.3. The second kappa shape index (κ2) is 8.95. The molecule has 1 N–H and O–H groups in total. The fraction of sp³-hybridized carbons (Fsp3) is 0.250. The molecule has 3 heterocycles. The van der Waals surface area contributed by atoms with E-state index >= 15 is 0 Å². The summed E-state index contributed by atoms with van der Waals surface area (Å²) >= 11 is 0. The maximum absolute atomic E-state index is 13.4. The van der Waals surface area contributed by atoms with Gasteiger partial charge < -0.3 is 4.74 Å². The molecule has 0 atom stereocenters. The lowest BCUT2D eigenvalue weighted by Gasteiger charge is -2.12. The van der Waals surface area contributed by atoms with Crippen LogP contribution in [0.5, 0.6) is 0 Å². The molecule has 0 saturated carbocycles. The number of hydrogen-bond acceptors (Lipinski definition) is 4. The van der Waals surface area contributed by atoms with Crippen molar-refractivity contribution in [2.24, 2.45) is 0 Å². The molecular formula is C24H24FN4O4+. The minimum absolute atomic E-state index is 0.0222. The van der Waals surface area contributed by atoms with Gasteiger partial charge >= 0.3 is 5.91 Å². The summed E-state index contributed by atoms with van der Waals surface area (Å²) in [5, 5.41) is 2.95. The molecule has 2 aromatic heterocycles. The molecule has 3 aromatic rings. The summed E-state index contributed by atoms with van der Waals surface area (Å²) in [5.41, 5.74) is 1.52. The number of methoxy groups -OCH3 is 1. The number of rotatable bonds is 7. The van der Waals surface area contributed by atoms with Gasteiger partial charge in [0, 0.05) is 24.4 Å². The molecule has 1 aliphatic rings. The third kappa shape index (κ3) is 3.91. The van der Waals surface area contributed by atoms with Crippen molar-refractivity contribution in [3.63, 3.8) is 0 Å². The van der Waals surface area contributed by atoms with Crippen molar-refractivity contribution in [1.29, 1.82) is 0 Å². The van der Waals surface area contributed by atoms with Crippen molar-refractivity contribution in [3.05, 3.63) is 81.8 Å². The first-order valence-corrected chi connectivity index (χ1v) is 10.5. The Morgan fingerprint density at radius 2 is 1.82 bits per heavy atom. The van der Waals surface area contributed by atoms with Crippen molar-refractivity contribution >= 4 is 23.1 Å². The standard InChI is InChI=1S/C24H23FN4O4/c1-4-16-6-5-11-27(14-16)21-20(22(30)28(24(21)32)12-13-33-3)19-15(2)26-29(23(19)31)18-9-7-17(25)8-10-18/h5-11,14H,4,12-13H2,1-3H3/p+1. The smallest absolute Gasteiger partial charge is 0.326 e. The van der Waals surface area contributed by atoms with E-state index in [-0.39, 0.29) is 30.0 Å². The van der Waals surface area contributed by atoms with Crippen LogP contribution in [-0.4, -0.2) is 46.8 Å². The van der Waals surface area contributed by atoms with Gasteiger partial charge in [0.05, 0.1) is 24.4 Å². The van der Waals surface area contributed by atoms with Gasteiger partial charge in [-0.05, 0) is 43.7 Å². The summed E-state index contributed by atoms with van der Waals surface area (Å²) in [6.07, 6.45) is 4.19. The van der Waals surface area contributed by atoms with Gasteiger partial charge in [0.2, 0.25) is 0 Å². The summed E-state index contributed by atoms with van der Waals surface area (Å²) in [7, 11) is 1.48. The van der Waals surface area contributed by atoms with E-state index in [4.69, 9.17) is 4.74 Å². The van der Waals surface area contributed by atoms with E-state index in [1.54, 1.807) is 30.0 Å². The predicted octanol–water partition coefficient (Wildman–Crippen LogP) is 1.85. The number of aromatic nitrogens is 3. The molecule has 0 saturated heterocycles. The second-order valence-electron chi connectivity index (χ2n) is 7.68. The van der Waals surface area contributed by atoms with Gasteiger partial charge in [-0.3, -0.25) is 24.4 Å². The summed E-state index contributed by atoms with van der Waals surface area (Å²) in [6.45, 7) is 3.87. The van der Waals surface area contributed by atoms with E-state index in [0.717, 1.165) is 16.9 Å². The number of H-pyrrole nitrogens is 1. The third-order valence-electron chi connectivity index (χ3n) is 5.60. The highest BCUT2D eigenvalue weighted by atomic mass is 19.1. The summed E-state index contributed by atoms with van der Waals surface area (Å²) in [5.74, 6) is -1.50. The number of aryl methyl sites for hydroxylation is 2. The Morgan fingerprint density at radius 1 is 1.09 bits per heavy atom. The monoisotopic (exact) mass is 451 g/mol. The van der Waals surface area contributed by atoms with Gasteiger partial charge in [-0.15, -0.1) is 0 Å². The number of amides is 2. The Kier molecular flexibility index (Phi) is 6.06. The van der Waals surface area contributed by atoms with Crippen LogP contribution in [-0.2, 0) is 20.7 Å². The van der Waals surface area contributed by atoms with Crippen LogP contribution in [0.2, 0.25) is 0 Å². The molecule has 0 unspecified atom stereocenters. The first-order valence-electron chi connectivity index (χ1n) is 10.5. The lowest BCUT2D eigenvalue weighted by molar-refractivity contribution is -0.577. The fourth-order valence-electron chi connectivity index (χ4n) is 3.90. The molecule has 1 aliphatic heterocycles. The Hall–Kier alpha value is -3.85. The molecule has 0 spiro atoms. The van der Waals surface area contributed by atoms with E-state index in [2.05, 4.69) is 5.10 Å². The highest BCUT2D eigenvalue weighted by Gasteiger charge is 2.47. The zero-order chi connectivity index (χ0) is 23.7. The highest BCUT2D eigenvalue weighted by molar-refractivity contribution is 6.44. The van der Waals surface area contributed by atoms with Crippen molar-refractivity contribution in [2.75, 3.05) is 20.3 Å². The number of carbonyl (C=O) groups excluding carboxylic acids is 2. The van der Waals surface area contributed by atoms with Gasteiger partial charge in [-0.25, -0.2) is 9.07 Å². The molecule has 0 bridgehead atoms. The molecule has 0 fully saturated rings. The van der Waals surface area contributed by atoms with E-state index in [0.29, 0.717) is 11.4 Å². The van der Waals surface area contributed by atoms with Crippen LogP contribution in [0.15, 0.2) is 53.6 Å². The molecule has 170 valence electrons. The van der Waals surface area contributed by atoms with Gasteiger partial charge in [-0.1, -0.05) is 6.92 Å². The molecule has 8 nitrogen and oxygen atoms in total. The zero-order valence-electron chi connectivity index (χ0n) is 18.6. The minimum Gasteiger partial charge on any atom is -0.383 e. The number of ether oxygens (including phenoxy) is 1. The van der Waals surface area contributed by atoms with Crippen molar-refractivity contribution in [1.82, 2.24) is 14.7 Å². The zero-order valence-corrected chi connectivity index (χ0v) is 18.6. The van der Waals surface area contributed by atoms with E-state index in [9.17, 15) is 18.8 Å². The molecular weight excluding hydrogens is 427 g/mol. The largest absolute Gasteiger partial charge is 0.383 e. The summed E-state index contributed by atoms with van der Waals surface area (Å²) < 4.78 is 21.3. The van der Waals surface area contributed by atoms with E-state index < -0.39 is 23.2 Å². The first-order chi connectivity index (χ1) is 15.9. The number of hydrogen-bond donors (Lipinski definition) is 1. The van der Waals surface area contributed by atoms with Crippen LogP contribution < -0.4 is 10.1 Å². The van der Waals surface area contributed by atoms with Crippen molar-refractivity contribution in [3.8, 4) is 5.69 Å². The number of nitrogens with one attached hydrogen (secondary N) is 1. The van der Waals surface area contributed by atoms with Gasteiger partial charge in [0.15, 0.2) is 12.4 Å². The van der Waals surface area contributed by atoms with Crippen molar-refractivity contribution < 1.29 is 23.3 Å². The first kappa shape index (κ1) is 22.3. The minimum atomic E-state index is -0.563. The van der Waals surface area contributed by atoms with Gasteiger partial charge in [0.25, 0.3) is 17.2 Å². The Morgan fingerprint density at radius 3 is 2.48 bits per heavy atom. The Balaban J connectivity index is 1.94. The van der Waals surface area contributed by atoms with Crippen LogP contribution >= 0.6 is 0 Å². The maximum Gasteiger partial charge on any atom is 0.326 e. The molecule has 1 aromatic carbocycles. The number of pyridine rings is 1. The molecule has 0 radical (unpaired) electrons. The van der Waals surface area contributed by atoms with E-state index in [1.807, 2.05) is 13.0 Å². The fourth-order valence-corrected chi connectivity index (χ4v) is 3.90. The van der Waals surface area contributed by atoms with Crippen LogP contribution in [0.4, 0.5) is 4.39 Å². The maximum atomic E-state index is 13.4. The van der Waals surface area contributed by atoms with Crippen LogP contribution in [0, 0.1) is 12.7 Å². The molecule has 9 heteroatoms. The third-order valence-corrected chi connectivity index (χ3v) is 5.60. The average molecular weight is 451 g/mol. The SMILES string of the molecule is CCc1ccc[n+](C2=C(c3c(C)[nH]n(-c4ccc(F)cc4)c3=O)C(=O)N(CCOC)C2=O)c1. The van der Waals surface area contributed by atoms with Gasteiger partial charge in [0.1, 0.15) is 11.4 Å². The van der Waals surface area contributed by atoms with E-state index in [1.165, 1.54) is 36.1 Å². The normalized spacial score (nSPS) is 14.0. The molecule has 2 amide bonds. The van der Waals surface area contributed by atoms with Crippen LogP contribution in [0.1, 0.15) is 23.7 Å². The number of carbonyl (C=O) groups is 2. The van der Waals surface area contributed by atoms with Crippen LogP contribution in [0.3, 0.4) is 0 Å². The van der Waals surface area contributed by atoms with Gasteiger partial charge in [-0.2, -0.15) is 4.57 Å². The lowest BCUT2D eigenvalue weighted by Crippen LogP contribution is -2.40. The van der Waals surface area contributed by atoms with Crippen molar-refractivity contribution in [2.45, 2.75) is 20.3 Å². The molecule has 4 rings (SSSR count). The molecule has 33 heavy (non-hydrogen) atoms. The second-order valence-corrected chi connectivity index (χ2v) is 7.68.